The number of hydrogen-bond donors (Lipinski definition) is 0. The fourth-order valence-electron chi connectivity index (χ4n) is 5.51. The van der Waals surface area contributed by atoms with Crippen molar-refractivity contribution in [1.29, 1.82) is 0 Å². The van der Waals surface area contributed by atoms with Crippen molar-refractivity contribution in [2.75, 3.05) is 0 Å². The first-order valence-electron chi connectivity index (χ1n) is 16.6. The molecule has 0 spiro atoms. The molecule has 205 valence electrons. The van der Waals surface area contributed by atoms with E-state index < -0.39 is 0 Å². The number of hydrogen-bond acceptors (Lipinski definition) is 0. The first kappa shape index (κ1) is 34.0. The molecule has 0 saturated carbocycles. The van der Waals surface area contributed by atoms with E-state index in [0.29, 0.717) is 0 Å². The maximum atomic E-state index is 4.25. The molecule has 0 amide bonds. The molecule has 0 aliphatic heterocycles. The SMILES string of the molecule is [CH2]CC(CCCCCCCCCCCCCCC)CCCCCCCCCCCCCCCC. The third-order valence-electron chi connectivity index (χ3n) is 8.09. The molecule has 0 bridgehead atoms. The van der Waals surface area contributed by atoms with Crippen LogP contribution in [-0.4, -0.2) is 0 Å². The smallest absolute Gasteiger partial charge is 0.0414 e. The van der Waals surface area contributed by atoms with Gasteiger partial charge in [-0.05, 0) is 5.92 Å². The summed E-state index contributed by atoms with van der Waals surface area (Å²) < 4.78 is 0. The molecular formula is C34H69. The van der Waals surface area contributed by atoms with Gasteiger partial charge in [0.15, 0.2) is 0 Å². The second kappa shape index (κ2) is 31.0. The molecule has 0 N–H and O–H groups in total. The van der Waals surface area contributed by atoms with Crippen LogP contribution in [0.15, 0.2) is 0 Å². The molecule has 0 nitrogen and oxygen atoms in total. The Balaban J connectivity index is 3.26. The van der Waals surface area contributed by atoms with Crippen LogP contribution < -0.4 is 0 Å². The lowest BCUT2D eigenvalue weighted by molar-refractivity contribution is 0.404. The van der Waals surface area contributed by atoms with Gasteiger partial charge >= 0.3 is 0 Å². The lowest BCUT2D eigenvalue weighted by atomic mass is 9.92. The number of rotatable bonds is 30. The predicted octanol–water partition coefficient (Wildman–Crippen LogP) is 13.2. The van der Waals surface area contributed by atoms with Crippen molar-refractivity contribution < 1.29 is 0 Å². The van der Waals surface area contributed by atoms with Crippen LogP contribution in [0.5, 0.6) is 0 Å². The summed E-state index contributed by atoms with van der Waals surface area (Å²) in [5.41, 5.74) is 0. The molecule has 0 rings (SSSR count). The van der Waals surface area contributed by atoms with Crippen LogP contribution in [0.25, 0.3) is 0 Å². The molecule has 0 aromatic carbocycles. The zero-order valence-corrected chi connectivity index (χ0v) is 24.5. The lowest BCUT2D eigenvalue weighted by Crippen LogP contribution is -1.99. The molecular weight excluding hydrogens is 408 g/mol. The van der Waals surface area contributed by atoms with E-state index in [1.807, 2.05) is 0 Å². The van der Waals surface area contributed by atoms with E-state index in [-0.39, 0.29) is 0 Å². The Morgan fingerprint density at radius 1 is 0.324 bits per heavy atom. The minimum absolute atomic E-state index is 0.907. The minimum atomic E-state index is 0.907. The fourth-order valence-corrected chi connectivity index (χ4v) is 5.51. The second-order valence-corrected chi connectivity index (χ2v) is 11.6. The zero-order chi connectivity index (χ0) is 24.8. The van der Waals surface area contributed by atoms with Gasteiger partial charge < -0.3 is 0 Å². The van der Waals surface area contributed by atoms with Crippen LogP contribution in [0.2, 0.25) is 0 Å². The van der Waals surface area contributed by atoms with E-state index in [0.717, 1.165) is 12.3 Å². The van der Waals surface area contributed by atoms with Gasteiger partial charge in [0.05, 0.1) is 0 Å². The van der Waals surface area contributed by atoms with Gasteiger partial charge in [-0.2, -0.15) is 0 Å². The molecule has 34 heavy (non-hydrogen) atoms. The van der Waals surface area contributed by atoms with E-state index in [4.69, 9.17) is 0 Å². The average Bonchev–Trinajstić information content (AvgIpc) is 2.85. The first-order valence-corrected chi connectivity index (χ1v) is 16.6. The molecule has 0 aliphatic carbocycles. The summed E-state index contributed by atoms with van der Waals surface area (Å²) in [5, 5.41) is 0. The van der Waals surface area contributed by atoms with Gasteiger partial charge in [0.1, 0.15) is 0 Å². The molecule has 0 saturated heterocycles. The first-order chi connectivity index (χ1) is 16.8. The topological polar surface area (TPSA) is 0 Å². The van der Waals surface area contributed by atoms with Crippen molar-refractivity contribution in [3.8, 4) is 0 Å². The van der Waals surface area contributed by atoms with Crippen molar-refractivity contribution in [1.82, 2.24) is 0 Å². The Kier molecular flexibility index (Phi) is 31.0. The van der Waals surface area contributed by atoms with Crippen molar-refractivity contribution in [3.63, 3.8) is 0 Å². The van der Waals surface area contributed by atoms with Crippen molar-refractivity contribution in [2.45, 2.75) is 206 Å². The van der Waals surface area contributed by atoms with E-state index >= 15 is 0 Å². The van der Waals surface area contributed by atoms with Gasteiger partial charge in [-0.15, -0.1) is 0 Å². The van der Waals surface area contributed by atoms with Crippen LogP contribution in [0, 0.1) is 12.8 Å². The lowest BCUT2D eigenvalue weighted by Gasteiger charge is -2.14. The summed E-state index contributed by atoms with van der Waals surface area (Å²) in [6, 6.07) is 0. The Bertz CT molecular complexity index is 333. The Labute approximate surface area is 219 Å². The highest BCUT2D eigenvalue weighted by molar-refractivity contribution is 4.62. The van der Waals surface area contributed by atoms with E-state index in [2.05, 4.69) is 20.8 Å². The number of unbranched alkanes of at least 4 members (excludes halogenated alkanes) is 25. The van der Waals surface area contributed by atoms with Gasteiger partial charge in [0.2, 0.25) is 0 Å². The molecule has 0 heteroatoms. The summed E-state index contributed by atoms with van der Waals surface area (Å²) >= 11 is 0. The molecule has 1 radical (unpaired) electrons. The molecule has 1 atom stereocenters. The standard InChI is InChI=1S/C34H69/c1-4-7-9-11-13-15-17-19-21-23-25-27-29-31-33-34(6-3)32-30-28-26-24-22-20-18-16-14-12-10-8-5-2/h34H,3-33H2,1-2H3. The summed E-state index contributed by atoms with van der Waals surface area (Å²) in [6.07, 6.45) is 43.6. The monoisotopic (exact) mass is 478 g/mol. The van der Waals surface area contributed by atoms with Gasteiger partial charge in [0, 0.05) is 0 Å². The van der Waals surface area contributed by atoms with Crippen molar-refractivity contribution >= 4 is 0 Å². The van der Waals surface area contributed by atoms with Crippen LogP contribution in [0.3, 0.4) is 0 Å². The highest BCUT2D eigenvalue weighted by Crippen LogP contribution is 2.22. The average molecular weight is 478 g/mol. The Morgan fingerprint density at radius 3 is 0.735 bits per heavy atom. The van der Waals surface area contributed by atoms with Crippen LogP contribution in [0.1, 0.15) is 206 Å². The summed E-state index contributed by atoms with van der Waals surface area (Å²) in [7, 11) is 0. The summed E-state index contributed by atoms with van der Waals surface area (Å²) in [4.78, 5) is 0. The summed E-state index contributed by atoms with van der Waals surface area (Å²) in [5.74, 6) is 0.907. The molecule has 0 aromatic rings. The van der Waals surface area contributed by atoms with Gasteiger partial charge in [-0.25, -0.2) is 0 Å². The zero-order valence-electron chi connectivity index (χ0n) is 24.5. The van der Waals surface area contributed by atoms with E-state index in [1.165, 1.54) is 186 Å². The largest absolute Gasteiger partial charge is 0.0654 e. The van der Waals surface area contributed by atoms with E-state index in [9.17, 15) is 0 Å². The summed E-state index contributed by atoms with van der Waals surface area (Å²) in [6.45, 7) is 8.86. The Hall–Kier alpha value is 0. The molecule has 0 aromatic heterocycles. The van der Waals surface area contributed by atoms with E-state index in [1.54, 1.807) is 0 Å². The third kappa shape index (κ3) is 28.2. The van der Waals surface area contributed by atoms with Crippen molar-refractivity contribution in [2.24, 2.45) is 5.92 Å². The molecule has 0 heterocycles. The third-order valence-corrected chi connectivity index (χ3v) is 8.09. The molecule has 1 unspecified atom stereocenters. The van der Waals surface area contributed by atoms with Gasteiger partial charge in [0.25, 0.3) is 0 Å². The van der Waals surface area contributed by atoms with Crippen molar-refractivity contribution in [3.05, 3.63) is 6.92 Å². The normalized spacial score (nSPS) is 12.4. The fraction of sp³-hybridized carbons (Fsp3) is 0.971. The second-order valence-electron chi connectivity index (χ2n) is 11.6. The van der Waals surface area contributed by atoms with Crippen LogP contribution in [-0.2, 0) is 0 Å². The Morgan fingerprint density at radius 2 is 0.529 bits per heavy atom. The van der Waals surface area contributed by atoms with Crippen LogP contribution in [0.4, 0.5) is 0 Å². The maximum absolute atomic E-state index is 4.25. The molecule has 0 fully saturated rings. The quantitative estimate of drug-likeness (QED) is 0.0902. The predicted molar refractivity (Wildman–Crippen MR) is 159 cm³/mol. The highest BCUT2D eigenvalue weighted by atomic mass is 14.1. The van der Waals surface area contributed by atoms with Gasteiger partial charge in [-0.3, -0.25) is 0 Å². The maximum Gasteiger partial charge on any atom is -0.0414 e. The minimum Gasteiger partial charge on any atom is -0.0654 e. The van der Waals surface area contributed by atoms with Crippen LogP contribution >= 0.6 is 0 Å². The molecule has 0 aliphatic rings. The van der Waals surface area contributed by atoms with Gasteiger partial charge in [-0.1, -0.05) is 213 Å². The highest BCUT2D eigenvalue weighted by Gasteiger charge is 2.06.